The van der Waals surface area contributed by atoms with Crippen LogP contribution in [-0.4, -0.2) is 41.4 Å². The molecule has 6 nitrogen and oxygen atoms in total. The molecule has 8 heteroatoms. The van der Waals surface area contributed by atoms with Gasteiger partial charge in [0.05, 0.1) is 6.33 Å². The Kier molecular flexibility index (Phi) is 5.14. The number of nitrogens with zero attached hydrogens (tertiary/aromatic N) is 3. The molecule has 1 aliphatic heterocycles. The highest BCUT2D eigenvalue weighted by atomic mass is 35.5. The molecule has 0 amide bonds. The molecular weight excluding hydrogens is 396 g/mol. The standard InChI is InChI=1S/C20H21ClN4O2S/c1-24-13-20(22-14-24)28(26,27)25-11-18(15-6-3-2-4-7-15)19(12-25)23-17-9-5-8-16(21)10-17/h2-10,13-14,18-19,23H,11-12H2,1H3. The number of aromatic nitrogens is 2. The van der Waals surface area contributed by atoms with Crippen molar-refractivity contribution in [2.45, 2.75) is 17.0 Å². The van der Waals surface area contributed by atoms with Crippen LogP contribution in [0, 0.1) is 0 Å². The summed E-state index contributed by atoms with van der Waals surface area (Å²) in [6, 6.07) is 17.4. The van der Waals surface area contributed by atoms with E-state index in [4.69, 9.17) is 11.6 Å². The molecule has 2 heterocycles. The topological polar surface area (TPSA) is 67.2 Å². The van der Waals surface area contributed by atoms with E-state index in [9.17, 15) is 8.42 Å². The molecule has 1 aliphatic rings. The van der Waals surface area contributed by atoms with Crippen molar-refractivity contribution in [2.75, 3.05) is 18.4 Å². The zero-order valence-corrected chi connectivity index (χ0v) is 16.9. The molecule has 1 aromatic heterocycles. The van der Waals surface area contributed by atoms with Crippen molar-refractivity contribution in [3.05, 3.63) is 77.7 Å². The highest BCUT2D eigenvalue weighted by Crippen LogP contribution is 2.33. The Morgan fingerprint density at radius 3 is 2.57 bits per heavy atom. The van der Waals surface area contributed by atoms with Crippen molar-refractivity contribution < 1.29 is 8.42 Å². The monoisotopic (exact) mass is 416 g/mol. The maximum absolute atomic E-state index is 13.1. The first kappa shape index (κ1) is 19.0. The zero-order chi connectivity index (χ0) is 19.7. The molecule has 1 saturated heterocycles. The van der Waals surface area contributed by atoms with Crippen LogP contribution in [0.1, 0.15) is 11.5 Å². The quantitative estimate of drug-likeness (QED) is 0.692. The van der Waals surface area contributed by atoms with E-state index in [-0.39, 0.29) is 17.0 Å². The van der Waals surface area contributed by atoms with Gasteiger partial charge in [-0.3, -0.25) is 0 Å². The first-order valence-electron chi connectivity index (χ1n) is 8.98. The summed E-state index contributed by atoms with van der Waals surface area (Å²) in [5, 5.41) is 4.18. The third-order valence-corrected chi connectivity index (χ3v) is 6.93. The third kappa shape index (κ3) is 3.78. The smallest absolute Gasteiger partial charge is 0.262 e. The summed E-state index contributed by atoms with van der Waals surface area (Å²) in [5.74, 6) is 0.0127. The number of hydrogen-bond donors (Lipinski definition) is 1. The van der Waals surface area contributed by atoms with Crippen molar-refractivity contribution in [3.63, 3.8) is 0 Å². The number of aryl methyl sites for hydroxylation is 1. The SMILES string of the molecule is Cn1cnc(S(=O)(=O)N2CC(Nc3cccc(Cl)c3)C(c3ccccc3)C2)c1. The van der Waals surface area contributed by atoms with Gasteiger partial charge in [0, 0.05) is 49.0 Å². The van der Waals surface area contributed by atoms with E-state index < -0.39 is 10.0 Å². The molecule has 4 rings (SSSR count). The average molecular weight is 417 g/mol. The van der Waals surface area contributed by atoms with Crippen LogP contribution in [0.3, 0.4) is 0 Å². The molecule has 2 atom stereocenters. The molecule has 146 valence electrons. The molecule has 0 radical (unpaired) electrons. The van der Waals surface area contributed by atoms with Gasteiger partial charge in [0.1, 0.15) is 0 Å². The van der Waals surface area contributed by atoms with Crippen LogP contribution in [-0.2, 0) is 17.1 Å². The fourth-order valence-corrected chi connectivity index (χ4v) is 5.24. The van der Waals surface area contributed by atoms with Crippen LogP contribution >= 0.6 is 11.6 Å². The maximum Gasteiger partial charge on any atom is 0.262 e. The van der Waals surface area contributed by atoms with Crippen molar-refractivity contribution in [3.8, 4) is 0 Å². The first-order valence-corrected chi connectivity index (χ1v) is 10.8. The summed E-state index contributed by atoms with van der Waals surface area (Å²) in [4.78, 5) is 4.05. The van der Waals surface area contributed by atoms with Crippen molar-refractivity contribution in [2.24, 2.45) is 7.05 Å². The predicted octanol–water partition coefficient (Wildman–Crippen LogP) is 3.34. The minimum Gasteiger partial charge on any atom is -0.380 e. The Balaban J connectivity index is 1.65. The van der Waals surface area contributed by atoms with E-state index in [1.54, 1.807) is 11.6 Å². The normalized spacial score (nSPS) is 20.4. The van der Waals surface area contributed by atoms with E-state index in [2.05, 4.69) is 10.3 Å². The Hall–Kier alpha value is -2.35. The molecule has 1 N–H and O–H groups in total. The van der Waals surface area contributed by atoms with Crippen LogP contribution in [0.5, 0.6) is 0 Å². The summed E-state index contributed by atoms with van der Waals surface area (Å²) in [6.45, 7) is 0.742. The Bertz CT molecular complexity index is 1070. The third-order valence-electron chi connectivity index (χ3n) is 4.98. The van der Waals surface area contributed by atoms with Crippen LogP contribution in [0.4, 0.5) is 5.69 Å². The van der Waals surface area contributed by atoms with Gasteiger partial charge in [0.15, 0.2) is 5.03 Å². The fourth-order valence-electron chi connectivity index (χ4n) is 3.59. The Labute approximate surface area is 169 Å². The number of imidazole rings is 1. The number of anilines is 1. The average Bonchev–Trinajstić information content (AvgIpc) is 3.30. The summed E-state index contributed by atoms with van der Waals surface area (Å²) >= 11 is 6.11. The molecule has 2 unspecified atom stereocenters. The van der Waals surface area contributed by atoms with Crippen molar-refractivity contribution >= 4 is 27.3 Å². The van der Waals surface area contributed by atoms with Gasteiger partial charge >= 0.3 is 0 Å². The second kappa shape index (κ2) is 7.58. The minimum atomic E-state index is -3.66. The van der Waals surface area contributed by atoms with E-state index in [1.165, 1.54) is 16.8 Å². The zero-order valence-electron chi connectivity index (χ0n) is 15.4. The second-order valence-corrected chi connectivity index (χ2v) is 9.30. The molecule has 0 bridgehead atoms. The summed E-state index contributed by atoms with van der Waals surface area (Å²) in [6.07, 6.45) is 3.03. The largest absolute Gasteiger partial charge is 0.380 e. The van der Waals surface area contributed by atoms with Crippen molar-refractivity contribution in [1.29, 1.82) is 0 Å². The number of benzene rings is 2. The highest BCUT2D eigenvalue weighted by molar-refractivity contribution is 7.89. The van der Waals surface area contributed by atoms with Gasteiger partial charge in [-0.2, -0.15) is 4.31 Å². The molecule has 1 fully saturated rings. The molecule has 28 heavy (non-hydrogen) atoms. The first-order chi connectivity index (χ1) is 13.4. The lowest BCUT2D eigenvalue weighted by Gasteiger charge is -2.21. The van der Waals surface area contributed by atoms with Gasteiger partial charge in [-0.1, -0.05) is 48.0 Å². The van der Waals surface area contributed by atoms with E-state index >= 15 is 0 Å². The molecule has 0 spiro atoms. The van der Waals surface area contributed by atoms with Gasteiger partial charge in [0.25, 0.3) is 10.0 Å². The molecular formula is C20H21ClN4O2S. The molecule has 2 aromatic carbocycles. The van der Waals surface area contributed by atoms with E-state index in [0.29, 0.717) is 18.1 Å². The minimum absolute atomic E-state index is 0.0127. The van der Waals surface area contributed by atoms with Gasteiger partial charge < -0.3 is 9.88 Å². The Morgan fingerprint density at radius 1 is 1.11 bits per heavy atom. The van der Waals surface area contributed by atoms with Gasteiger partial charge in [0.2, 0.25) is 0 Å². The number of nitrogens with one attached hydrogen (secondary N) is 1. The van der Waals surface area contributed by atoms with Crippen molar-refractivity contribution in [1.82, 2.24) is 13.9 Å². The molecule has 0 aliphatic carbocycles. The maximum atomic E-state index is 13.1. The van der Waals surface area contributed by atoms with Crippen LogP contribution in [0.15, 0.2) is 72.1 Å². The van der Waals surface area contributed by atoms with E-state index in [1.807, 2.05) is 54.6 Å². The van der Waals surface area contributed by atoms with Crippen LogP contribution in [0.25, 0.3) is 0 Å². The van der Waals surface area contributed by atoms with Crippen LogP contribution in [0.2, 0.25) is 5.02 Å². The molecule has 0 saturated carbocycles. The molecule has 3 aromatic rings. The lowest BCUT2D eigenvalue weighted by atomic mass is 9.94. The number of sulfonamides is 1. The lowest BCUT2D eigenvalue weighted by Crippen LogP contribution is -2.32. The number of rotatable bonds is 5. The Morgan fingerprint density at radius 2 is 1.89 bits per heavy atom. The lowest BCUT2D eigenvalue weighted by molar-refractivity contribution is 0.468. The van der Waals surface area contributed by atoms with Gasteiger partial charge in [-0.25, -0.2) is 13.4 Å². The van der Waals surface area contributed by atoms with Gasteiger partial charge in [-0.15, -0.1) is 0 Å². The number of hydrogen-bond acceptors (Lipinski definition) is 4. The summed E-state index contributed by atoms with van der Waals surface area (Å²) in [5.41, 5.74) is 1.97. The fraction of sp³-hybridized carbons (Fsp3) is 0.250. The van der Waals surface area contributed by atoms with Crippen LogP contribution < -0.4 is 5.32 Å². The van der Waals surface area contributed by atoms with Gasteiger partial charge in [-0.05, 0) is 23.8 Å². The number of halogens is 1. The van der Waals surface area contributed by atoms with E-state index in [0.717, 1.165) is 11.3 Å². The summed E-state index contributed by atoms with van der Waals surface area (Å²) < 4.78 is 29.3. The predicted molar refractivity (Wildman–Crippen MR) is 110 cm³/mol. The highest BCUT2D eigenvalue weighted by Gasteiger charge is 2.40. The summed E-state index contributed by atoms with van der Waals surface area (Å²) in [7, 11) is -1.90. The second-order valence-electron chi connectivity index (χ2n) is 6.98.